The fraction of sp³-hybridized carbons (Fsp3) is 0.286. The van der Waals surface area contributed by atoms with E-state index < -0.39 is 23.7 Å². The first-order valence-corrected chi connectivity index (χ1v) is 11.2. The third kappa shape index (κ3) is 8.62. The van der Waals surface area contributed by atoms with Crippen LogP contribution >= 0.6 is 0 Å². The molecule has 3 aromatic carbocycles. The molecule has 0 spiro atoms. The van der Waals surface area contributed by atoms with Gasteiger partial charge in [-0.15, -0.1) is 0 Å². The molecule has 178 valence electrons. The van der Waals surface area contributed by atoms with Crippen LogP contribution in [0.2, 0.25) is 0 Å². The number of ether oxygens (including phenoxy) is 3. The largest absolute Gasteiger partial charge is 0.489 e. The molecule has 0 aliphatic carbocycles. The molecule has 0 aliphatic rings. The number of hydrogen-bond acceptors (Lipinski definition) is 5. The molecular formula is C28H31NO5. The summed E-state index contributed by atoms with van der Waals surface area (Å²) in [6.45, 7) is 5.89. The molecule has 0 saturated heterocycles. The Labute approximate surface area is 200 Å². The van der Waals surface area contributed by atoms with Crippen molar-refractivity contribution in [1.82, 2.24) is 5.32 Å². The summed E-state index contributed by atoms with van der Waals surface area (Å²) >= 11 is 0. The molecule has 1 N–H and O–H groups in total. The zero-order chi connectivity index (χ0) is 24.4. The molecule has 34 heavy (non-hydrogen) atoms. The van der Waals surface area contributed by atoms with Crippen molar-refractivity contribution in [3.05, 3.63) is 102 Å². The summed E-state index contributed by atoms with van der Waals surface area (Å²) in [5.74, 6) is 0.190. The zero-order valence-corrected chi connectivity index (χ0v) is 19.8. The summed E-state index contributed by atoms with van der Waals surface area (Å²) in [7, 11) is 0. The topological polar surface area (TPSA) is 73.9 Å². The van der Waals surface area contributed by atoms with E-state index in [0.717, 1.165) is 22.4 Å². The number of carbonyl (C=O) groups excluding carboxylic acids is 2. The van der Waals surface area contributed by atoms with Gasteiger partial charge in [-0.1, -0.05) is 72.8 Å². The lowest BCUT2D eigenvalue weighted by molar-refractivity contribution is -0.147. The van der Waals surface area contributed by atoms with Crippen molar-refractivity contribution < 1.29 is 23.8 Å². The summed E-state index contributed by atoms with van der Waals surface area (Å²) in [6.07, 6.45) is -0.414. The number of alkyl carbamates (subject to hydrolysis) is 1. The van der Waals surface area contributed by atoms with Crippen molar-refractivity contribution in [2.75, 3.05) is 0 Å². The monoisotopic (exact) mass is 461 g/mol. The van der Waals surface area contributed by atoms with Gasteiger partial charge in [0.1, 0.15) is 30.6 Å². The average Bonchev–Trinajstić information content (AvgIpc) is 2.82. The number of carbonyl (C=O) groups is 2. The Morgan fingerprint density at radius 2 is 1.32 bits per heavy atom. The minimum atomic E-state index is -0.894. The van der Waals surface area contributed by atoms with Gasteiger partial charge in [-0.3, -0.25) is 0 Å². The van der Waals surface area contributed by atoms with Crippen LogP contribution in [0.4, 0.5) is 4.79 Å². The molecule has 0 unspecified atom stereocenters. The SMILES string of the molecule is CC(C)(C)OC(=O)N[C@@H](Cc1ccc(OCc2ccccc2)cc1)C(=O)OCc1ccccc1. The highest BCUT2D eigenvalue weighted by Gasteiger charge is 2.26. The van der Waals surface area contributed by atoms with Crippen LogP contribution in [0, 0.1) is 0 Å². The van der Waals surface area contributed by atoms with Crippen LogP contribution in [0.25, 0.3) is 0 Å². The number of amides is 1. The maximum Gasteiger partial charge on any atom is 0.408 e. The summed E-state index contributed by atoms with van der Waals surface area (Å²) < 4.78 is 16.6. The highest BCUT2D eigenvalue weighted by atomic mass is 16.6. The van der Waals surface area contributed by atoms with Gasteiger partial charge in [0.15, 0.2) is 0 Å². The Hall–Kier alpha value is -3.80. The minimum absolute atomic E-state index is 0.123. The van der Waals surface area contributed by atoms with Gasteiger partial charge in [0.05, 0.1) is 0 Å². The third-order valence-electron chi connectivity index (χ3n) is 4.81. The van der Waals surface area contributed by atoms with Crippen molar-refractivity contribution in [2.45, 2.75) is 52.0 Å². The fourth-order valence-corrected chi connectivity index (χ4v) is 3.17. The molecule has 0 radical (unpaired) electrons. The lowest BCUT2D eigenvalue weighted by atomic mass is 10.1. The maximum absolute atomic E-state index is 12.8. The van der Waals surface area contributed by atoms with Crippen LogP contribution in [0.3, 0.4) is 0 Å². The van der Waals surface area contributed by atoms with Gasteiger partial charge in [0.2, 0.25) is 0 Å². The van der Waals surface area contributed by atoms with E-state index in [9.17, 15) is 9.59 Å². The van der Waals surface area contributed by atoms with Crippen molar-refractivity contribution in [3.8, 4) is 5.75 Å². The lowest BCUT2D eigenvalue weighted by Gasteiger charge is -2.23. The van der Waals surface area contributed by atoms with Gasteiger partial charge >= 0.3 is 12.1 Å². The number of rotatable bonds is 9. The Bertz CT molecular complexity index is 1040. The van der Waals surface area contributed by atoms with E-state index in [1.54, 1.807) is 20.8 Å². The number of nitrogens with one attached hydrogen (secondary N) is 1. The Morgan fingerprint density at radius 3 is 1.88 bits per heavy atom. The van der Waals surface area contributed by atoms with Crippen molar-refractivity contribution >= 4 is 12.1 Å². The quantitative estimate of drug-likeness (QED) is 0.429. The van der Waals surface area contributed by atoms with Crippen molar-refractivity contribution in [2.24, 2.45) is 0 Å². The molecule has 0 bridgehead atoms. The highest BCUT2D eigenvalue weighted by molar-refractivity contribution is 5.81. The predicted octanol–water partition coefficient (Wildman–Crippen LogP) is 5.44. The van der Waals surface area contributed by atoms with Crippen LogP contribution in [-0.4, -0.2) is 23.7 Å². The molecule has 6 nitrogen and oxygen atoms in total. The first kappa shape index (κ1) is 24.8. The van der Waals surface area contributed by atoms with Crippen LogP contribution in [0.1, 0.15) is 37.5 Å². The smallest absolute Gasteiger partial charge is 0.408 e. The minimum Gasteiger partial charge on any atom is -0.489 e. The maximum atomic E-state index is 12.8. The summed E-state index contributed by atoms with van der Waals surface area (Å²) in [5, 5.41) is 2.65. The molecule has 0 saturated carbocycles. The molecule has 1 amide bonds. The van der Waals surface area contributed by atoms with Gasteiger partial charge < -0.3 is 19.5 Å². The van der Waals surface area contributed by atoms with Crippen molar-refractivity contribution in [1.29, 1.82) is 0 Å². The molecule has 6 heteroatoms. The van der Waals surface area contributed by atoms with E-state index >= 15 is 0 Å². The van der Waals surface area contributed by atoms with E-state index in [-0.39, 0.29) is 13.0 Å². The Kier molecular flexibility index (Phi) is 8.68. The predicted molar refractivity (Wildman–Crippen MR) is 130 cm³/mol. The van der Waals surface area contributed by atoms with E-state index in [4.69, 9.17) is 14.2 Å². The van der Waals surface area contributed by atoms with Crippen LogP contribution < -0.4 is 10.1 Å². The van der Waals surface area contributed by atoms with Gasteiger partial charge in [-0.2, -0.15) is 0 Å². The number of esters is 1. The number of benzene rings is 3. The molecular weight excluding hydrogens is 430 g/mol. The van der Waals surface area contributed by atoms with E-state index in [2.05, 4.69) is 5.32 Å². The summed E-state index contributed by atoms with van der Waals surface area (Å²) in [6, 6.07) is 25.8. The van der Waals surface area contributed by atoms with Crippen LogP contribution in [0.5, 0.6) is 5.75 Å². The highest BCUT2D eigenvalue weighted by Crippen LogP contribution is 2.16. The van der Waals surface area contributed by atoms with Gasteiger partial charge in [0.25, 0.3) is 0 Å². The van der Waals surface area contributed by atoms with E-state index in [1.807, 2.05) is 84.9 Å². The Morgan fingerprint density at radius 1 is 0.765 bits per heavy atom. The second-order valence-corrected chi connectivity index (χ2v) is 8.91. The van der Waals surface area contributed by atoms with Crippen LogP contribution in [-0.2, 0) is 33.9 Å². The normalized spacial score (nSPS) is 11.9. The van der Waals surface area contributed by atoms with Gasteiger partial charge in [-0.25, -0.2) is 9.59 Å². The molecule has 0 heterocycles. The molecule has 0 fully saturated rings. The van der Waals surface area contributed by atoms with Crippen LogP contribution in [0.15, 0.2) is 84.9 Å². The van der Waals surface area contributed by atoms with Gasteiger partial charge in [0, 0.05) is 6.42 Å². The first-order valence-electron chi connectivity index (χ1n) is 11.2. The molecule has 0 aliphatic heterocycles. The van der Waals surface area contributed by atoms with Gasteiger partial charge in [-0.05, 0) is 49.6 Å². The standard InChI is InChI=1S/C28H31NO5/c1-28(2,3)34-27(31)29-25(26(30)33-20-23-12-8-5-9-13-23)18-21-14-16-24(17-15-21)32-19-22-10-6-4-7-11-22/h4-17,25H,18-20H2,1-3H3,(H,29,31)/t25-/m0/s1. The first-order chi connectivity index (χ1) is 16.3. The second-order valence-electron chi connectivity index (χ2n) is 8.91. The fourth-order valence-electron chi connectivity index (χ4n) is 3.17. The number of hydrogen-bond donors (Lipinski definition) is 1. The molecule has 0 aromatic heterocycles. The molecule has 3 rings (SSSR count). The average molecular weight is 462 g/mol. The second kappa shape index (κ2) is 11.9. The summed E-state index contributed by atoms with van der Waals surface area (Å²) in [5.41, 5.74) is 2.12. The Balaban J connectivity index is 1.63. The molecule has 3 aromatic rings. The van der Waals surface area contributed by atoms with E-state index in [1.165, 1.54) is 0 Å². The third-order valence-corrected chi connectivity index (χ3v) is 4.81. The van der Waals surface area contributed by atoms with E-state index in [0.29, 0.717) is 6.61 Å². The lowest BCUT2D eigenvalue weighted by Crippen LogP contribution is -2.45. The summed E-state index contributed by atoms with van der Waals surface area (Å²) in [4.78, 5) is 25.2. The zero-order valence-electron chi connectivity index (χ0n) is 19.8. The molecule has 1 atom stereocenters. The van der Waals surface area contributed by atoms with Crippen molar-refractivity contribution in [3.63, 3.8) is 0 Å².